The Kier molecular flexibility index (Phi) is 6.78. The molecule has 6 nitrogen and oxygen atoms in total. The number of carboxylic acid groups (broad SMARTS) is 1. The van der Waals surface area contributed by atoms with E-state index in [4.69, 9.17) is 10.1 Å². The van der Waals surface area contributed by atoms with E-state index in [1.807, 2.05) is 36.1 Å². The predicted octanol–water partition coefficient (Wildman–Crippen LogP) is 4.76. The fourth-order valence-electron chi connectivity index (χ4n) is 4.44. The second-order valence-electron chi connectivity index (χ2n) is 8.54. The molecule has 2 aromatic carbocycles. The topological polar surface area (TPSA) is 83.4 Å². The zero-order valence-electron chi connectivity index (χ0n) is 18.5. The molecule has 1 aliphatic rings. The molecule has 0 radical (unpaired) electrons. The van der Waals surface area contributed by atoms with Crippen LogP contribution < -0.4 is 0 Å². The molecule has 1 saturated heterocycles. The maximum absolute atomic E-state index is 13.1. The number of nitrogens with zero attached hydrogens (tertiary/aromatic N) is 3. The third-order valence-corrected chi connectivity index (χ3v) is 6.29. The van der Waals surface area contributed by atoms with Gasteiger partial charge in [0.25, 0.3) is 5.91 Å². The van der Waals surface area contributed by atoms with Gasteiger partial charge in [-0.05, 0) is 68.7 Å². The first-order valence-corrected chi connectivity index (χ1v) is 11.3. The second kappa shape index (κ2) is 9.90. The number of fused-ring (bicyclic) bond motifs is 1. The molecule has 0 spiro atoms. The Balaban J connectivity index is 1.44. The molecule has 0 aliphatic carbocycles. The minimum Gasteiger partial charge on any atom is -0.481 e. The first kappa shape index (κ1) is 21.9. The molecule has 1 aliphatic heterocycles. The van der Waals surface area contributed by atoms with E-state index in [9.17, 15) is 9.59 Å². The van der Waals surface area contributed by atoms with Crippen LogP contribution in [0.15, 0.2) is 48.5 Å². The summed E-state index contributed by atoms with van der Waals surface area (Å²) >= 11 is 0. The molecule has 0 saturated carbocycles. The van der Waals surface area contributed by atoms with E-state index in [-0.39, 0.29) is 12.3 Å². The number of carbonyl (C=O) groups excluding carboxylic acids is 1. The summed E-state index contributed by atoms with van der Waals surface area (Å²) in [6.07, 6.45) is 4.17. The smallest absolute Gasteiger partial charge is 0.303 e. The minimum absolute atomic E-state index is 0.0452. The Morgan fingerprint density at radius 1 is 1.00 bits per heavy atom. The fourth-order valence-corrected chi connectivity index (χ4v) is 4.44. The van der Waals surface area contributed by atoms with Crippen LogP contribution >= 0.6 is 0 Å². The van der Waals surface area contributed by atoms with E-state index in [0.29, 0.717) is 29.8 Å². The van der Waals surface area contributed by atoms with Crippen molar-refractivity contribution in [2.45, 2.75) is 51.4 Å². The SMILES string of the molecule is Cc1nc2ccc(C(=O)N3CCC(c4ccccc4)CC3)cc2nc1CCCCC(=O)O. The van der Waals surface area contributed by atoms with Crippen LogP contribution in [0.1, 0.15) is 65.3 Å². The van der Waals surface area contributed by atoms with Crippen LogP contribution in [-0.4, -0.2) is 44.9 Å². The van der Waals surface area contributed by atoms with Crippen LogP contribution in [0.5, 0.6) is 0 Å². The van der Waals surface area contributed by atoms with Crippen LogP contribution in [-0.2, 0) is 11.2 Å². The van der Waals surface area contributed by atoms with Gasteiger partial charge in [0.05, 0.1) is 22.4 Å². The molecule has 0 atom stereocenters. The van der Waals surface area contributed by atoms with E-state index in [1.165, 1.54) is 5.56 Å². The third kappa shape index (κ3) is 5.13. The average Bonchev–Trinajstić information content (AvgIpc) is 2.82. The Bertz CT molecular complexity index is 1110. The van der Waals surface area contributed by atoms with Crippen molar-refractivity contribution in [3.63, 3.8) is 0 Å². The number of carbonyl (C=O) groups is 2. The van der Waals surface area contributed by atoms with Crippen LogP contribution in [0.4, 0.5) is 0 Å². The lowest BCUT2D eigenvalue weighted by atomic mass is 9.89. The summed E-state index contributed by atoms with van der Waals surface area (Å²) in [6, 6.07) is 16.1. The van der Waals surface area contributed by atoms with Crippen molar-refractivity contribution in [2.24, 2.45) is 0 Å². The highest BCUT2D eigenvalue weighted by molar-refractivity contribution is 5.97. The van der Waals surface area contributed by atoms with E-state index in [0.717, 1.165) is 49.3 Å². The van der Waals surface area contributed by atoms with Gasteiger partial charge in [0.1, 0.15) is 0 Å². The molecule has 0 unspecified atom stereocenters. The van der Waals surface area contributed by atoms with Crippen LogP contribution in [0, 0.1) is 6.92 Å². The monoisotopic (exact) mass is 431 g/mol. The number of piperidine rings is 1. The molecule has 4 rings (SSSR count). The molecule has 32 heavy (non-hydrogen) atoms. The summed E-state index contributed by atoms with van der Waals surface area (Å²) in [5.74, 6) is -0.222. The van der Waals surface area contributed by atoms with Crippen LogP contribution in [0.3, 0.4) is 0 Å². The van der Waals surface area contributed by atoms with Crippen molar-refractivity contribution in [3.8, 4) is 0 Å². The lowest BCUT2D eigenvalue weighted by Crippen LogP contribution is -2.37. The van der Waals surface area contributed by atoms with Crippen molar-refractivity contribution in [2.75, 3.05) is 13.1 Å². The summed E-state index contributed by atoms with van der Waals surface area (Å²) in [6.45, 7) is 3.44. The van der Waals surface area contributed by atoms with Gasteiger partial charge in [-0.15, -0.1) is 0 Å². The van der Waals surface area contributed by atoms with E-state index in [1.54, 1.807) is 0 Å². The van der Waals surface area contributed by atoms with E-state index >= 15 is 0 Å². The molecule has 166 valence electrons. The molecular formula is C26H29N3O3. The van der Waals surface area contributed by atoms with Gasteiger partial charge < -0.3 is 10.0 Å². The van der Waals surface area contributed by atoms with Crippen LogP contribution in [0.25, 0.3) is 11.0 Å². The summed E-state index contributed by atoms with van der Waals surface area (Å²) in [5.41, 5.74) is 5.22. The lowest BCUT2D eigenvalue weighted by Gasteiger charge is -2.32. The Morgan fingerprint density at radius 3 is 2.47 bits per heavy atom. The van der Waals surface area contributed by atoms with E-state index in [2.05, 4.69) is 29.2 Å². The number of aryl methyl sites for hydroxylation is 2. The van der Waals surface area contributed by atoms with Gasteiger partial charge >= 0.3 is 5.97 Å². The van der Waals surface area contributed by atoms with Crippen LogP contribution in [0.2, 0.25) is 0 Å². The van der Waals surface area contributed by atoms with Crippen molar-refractivity contribution in [3.05, 3.63) is 71.0 Å². The first-order chi connectivity index (χ1) is 15.5. The molecule has 6 heteroatoms. The van der Waals surface area contributed by atoms with Crippen molar-refractivity contribution in [1.82, 2.24) is 14.9 Å². The summed E-state index contributed by atoms with van der Waals surface area (Å²) in [7, 11) is 0. The van der Waals surface area contributed by atoms with Crippen molar-refractivity contribution < 1.29 is 14.7 Å². The third-order valence-electron chi connectivity index (χ3n) is 6.29. The fraction of sp³-hybridized carbons (Fsp3) is 0.385. The maximum Gasteiger partial charge on any atom is 0.303 e. The highest BCUT2D eigenvalue weighted by atomic mass is 16.4. The molecule has 1 fully saturated rings. The average molecular weight is 432 g/mol. The first-order valence-electron chi connectivity index (χ1n) is 11.3. The summed E-state index contributed by atoms with van der Waals surface area (Å²) in [4.78, 5) is 35.2. The summed E-state index contributed by atoms with van der Waals surface area (Å²) < 4.78 is 0. The van der Waals surface area contributed by atoms with Gasteiger partial charge in [0, 0.05) is 25.1 Å². The number of hydrogen-bond acceptors (Lipinski definition) is 4. The van der Waals surface area contributed by atoms with Gasteiger partial charge in [-0.2, -0.15) is 0 Å². The number of likely N-dealkylation sites (tertiary alicyclic amines) is 1. The maximum atomic E-state index is 13.1. The number of aromatic nitrogens is 2. The van der Waals surface area contributed by atoms with Gasteiger partial charge in [-0.3, -0.25) is 9.59 Å². The number of amides is 1. The number of benzene rings is 2. The summed E-state index contributed by atoms with van der Waals surface area (Å²) in [5, 5.41) is 8.81. The normalized spacial score (nSPS) is 14.6. The highest BCUT2D eigenvalue weighted by Crippen LogP contribution is 2.28. The zero-order chi connectivity index (χ0) is 22.5. The molecular weight excluding hydrogens is 402 g/mol. The quantitative estimate of drug-likeness (QED) is 0.546. The number of rotatable bonds is 7. The second-order valence-corrected chi connectivity index (χ2v) is 8.54. The van der Waals surface area contributed by atoms with Gasteiger partial charge in [-0.1, -0.05) is 30.3 Å². The standard InChI is InChI=1S/C26H29N3O3/c1-18-22(9-5-6-10-25(30)31)28-24-17-21(11-12-23(24)27-18)26(32)29-15-13-20(14-16-29)19-7-3-2-4-8-19/h2-4,7-8,11-12,17,20H,5-6,9-10,13-16H2,1H3,(H,30,31). The molecule has 3 aromatic rings. The van der Waals surface area contributed by atoms with Crippen molar-refractivity contribution in [1.29, 1.82) is 0 Å². The molecule has 1 N–H and O–H groups in total. The number of unbranched alkanes of at least 4 members (excludes halogenated alkanes) is 1. The Labute approximate surface area is 188 Å². The molecule has 1 aromatic heterocycles. The van der Waals surface area contributed by atoms with Crippen molar-refractivity contribution >= 4 is 22.9 Å². The molecule has 2 heterocycles. The minimum atomic E-state index is -0.776. The molecule has 0 bridgehead atoms. The number of carboxylic acids is 1. The molecule has 1 amide bonds. The number of aliphatic carboxylic acids is 1. The largest absolute Gasteiger partial charge is 0.481 e. The van der Waals surface area contributed by atoms with E-state index < -0.39 is 5.97 Å². The Hall–Kier alpha value is -3.28. The van der Waals surface area contributed by atoms with Gasteiger partial charge in [0.15, 0.2) is 0 Å². The highest BCUT2D eigenvalue weighted by Gasteiger charge is 2.24. The lowest BCUT2D eigenvalue weighted by molar-refractivity contribution is -0.137. The Morgan fingerprint density at radius 2 is 1.75 bits per heavy atom. The predicted molar refractivity (Wildman–Crippen MR) is 124 cm³/mol. The van der Waals surface area contributed by atoms with Gasteiger partial charge in [-0.25, -0.2) is 9.97 Å². The number of hydrogen-bond donors (Lipinski definition) is 1. The van der Waals surface area contributed by atoms with Gasteiger partial charge in [0.2, 0.25) is 0 Å². The zero-order valence-corrected chi connectivity index (χ0v) is 18.5.